The molecule has 2 amide bonds. The Kier molecular flexibility index (Phi) is 4.03. The molecule has 4 rings (SSSR count). The fraction of sp³-hybridized carbons (Fsp3) is 0.421. The Hall–Kier alpha value is -2.63. The highest BCUT2D eigenvalue weighted by Gasteiger charge is 2.35. The molecule has 0 radical (unpaired) electrons. The van der Waals surface area contributed by atoms with Gasteiger partial charge in [-0.1, -0.05) is 22.9 Å². The Bertz CT molecular complexity index is 810. The zero-order valence-electron chi connectivity index (χ0n) is 14.2. The summed E-state index contributed by atoms with van der Waals surface area (Å²) in [5, 5.41) is 6.84. The lowest BCUT2D eigenvalue weighted by Crippen LogP contribution is -2.41. The summed E-state index contributed by atoms with van der Waals surface area (Å²) in [6, 6.07) is 7.32. The zero-order chi connectivity index (χ0) is 17.4. The molecule has 1 atom stereocenters. The molecule has 0 spiro atoms. The summed E-state index contributed by atoms with van der Waals surface area (Å²) in [6.45, 7) is 2.61. The van der Waals surface area contributed by atoms with Crippen molar-refractivity contribution in [3.8, 4) is 0 Å². The van der Waals surface area contributed by atoms with Crippen molar-refractivity contribution in [1.82, 2.24) is 10.5 Å². The Morgan fingerprint density at radius 2 is 2.00 bits per heavy atom. The lowest BCUT2D eigenvalue weighted by atomic mass is 9.96. The lowest BCUT2D eigenvalue weighted by molar-refractivity contribution is -0.118. The van der Waals surface area contributed by atoms with Gasteiger partial charge < -0.3 is 14.7 Å². The Morgan fingerprint density at radius 3 is 2.80 bits per heavy atom. The molecule has 6 heteroatoms. The van der Waals surface area contributed by atoms with Crippen molar-refractivity contribution in [3.05, 3.63) is 46.8 Å². The summed E-state index contributed by atoms with van der Waals surface area (Å²) in [5.74, 6) is -0.137. The number of rotatable bonds is 3. The number of anilines is 1. The zero-order valence-corrected chi connectivity index (χ0v) is 14.2. The van der Waals surface area contributed by atoms with Crippen molar-refractivity contribution >= 4 is 17.5 Å². The van der Waals surface area contributed by atoms with Crippen LogP contribution in [0.3, 0.4) is 0 Å². The smallest absolute Gasteiger partial charge is 0.290 e. The fourth-order valence-corrected chi connectivity index (χ4v) is 3.59. The Labute approximate surface area is 146 Å². The maximum absolute atomic E-state index is 12.6. The average molecular weight is 339 g/mol. The normalized spacial score (nSPS) is 19.8. The van der Waals surface area contributed by atoms with Crippen molar-refractivity contribution in [1.29, 1.82) is 0 Å². The number of nitrogens with one attached hydrogen (secondary N) is 1. The van der Waals surface area contributed by atoms with E-state index in [2.05, 4.69) is 10.5 Å². The molecule has 1 aromatic heterocycles. The first kappa shape index (κ1) is 15.9. The Balaban J connectivity index is 1.46. The second kappa shape index (κ2) is 6.35. The third-order valence-electron chi connectivity index (χ3n) is 5.02. The van der Waals surface area contributed by atoms with Crippen LogP contribution >= 0.6 is 0 Å². The van der Waals surface area contributed by atoms with E-state index in [4.69, 9.17) is 4.52 Å². The molecule has 1 N–H and O–H groups in total. The number of fused-ring (bicyclic) bond motifs is 1. The minimum absolute atomic E-state index is 0.0782. The number of hydrogen-bond donors (Lipinski definition) is 1. The standard InChI is InChI=1S/C19H21N3O3/c1-12-6-8-13(9-7-12)22-11-10-16(19(22)24)20-18(23)17-14-4-2-3-5-15(14)21-25-17/h6-9,16H,2-5,10-11H2,1H3,(H,20,23). The largest absolute Gasteiger partial charge is 0.350 e. The minimum atomic E-state index is -0.516. The maximum Gasteiger partial charge on any atom is 0.290 e. The summed E-state index contributed by atoms with van der Waals surface area (Å²) < 4.78 is 5.26. The van der Waals surface area contributed by atoms with Gasteiger partial charge in [-0.25, -0.2) is 0 Å². The second-order valence-electron chi connectivity index (χ2n) is 6.78. The lowest BCUT2D eigenvalue weighted by Gasteiger charge is -2.17. The number of carbonyl (C=O) groups is 2. The average Bonchev–Trinajstić information content (AvgIpc) is 3.20. The number of aromatic nitrogens is 1. The van der Waals surface area contributed by atoms with Crippen molar-refractivity contribution in [2.45, 2.75) is 45.1 Å². The van der Waals surface area contributed by atoms with Crippen LogP contribution in [-0.2, 0) is 17.6 Å². The van der Waals surface area contributed by atoms with E-state index in [1.54, 1.807) is 4.90 Å². The van der Waals surface area contributed by atoms with E-state index < -0.39 is 6.04 Å². The first-order chi connectivity index (χ1) is 12.1. The number of carbonyl (C=O) groups excluding carboxylic acids is 2. The predicted molar refractivity (Wildman–Crippen MR) is 92.5 cm³/mol. The van der Waals surface area contributed by atoms with Gasteiger partial charge in [0.15, 0.2) is 0 Å². The summed E-state index contributed by atoms with van der Waals surface area (Å²) in [4.78, 5) is 26.9. The number of aryl methyl sites for hydroxylation is 2. The van der Waals surface area contributed by atoms with Crippen LogP contribution in [-0.4, -0.2) is 29.6 Å². The molecule has 25 heavy (non-hydrogen) atoms. The third kappa shape index (κ3) is 2.92. The van der Waals surface area contributed by atoms with E-state index >= 15 is 0 Å². The molecule has 1 aromatic carbocycles. The van der Waals surface area contributed by atoms with Gasteiger partial charge in [-0.15, -0.1) is 0 Å². The van der Waals surface area contributed by atoms with Crippen LogP contribution < -0.4 is 10.2 Å². The number of amides is 2. The maximum atomic E-state index is 12.6. The fourth-order valence-electron chi connectivity index (χ4n) is 3.59. The highest BCUT2D eigenvalue weighted by molar-refractivity contribution is 6.03. The van der Waals surface area contributed by atoms with Gasteiger partial charge in [0, 0.05) is 17.8 Å². The molecule has 1 fully saturated rings. The SMILES string of the molecule is Cc1ccc(N2CCC(NC(=O)c3onc4c3CCCC4)C2=O)cc1. The van der Waals surface area contributed by atoms with Crippen molar-refractivity contribution in [3.63, 3.8) is 0 Å². The van der Waals surface area contributed by atoms with Gasteiger partial charge in [0.2, 0.25) is 11.7 Å². The van der Waals surface area contributed by atoms with Crippen molar-refractivity contribution in [2.24, 2.45) is 0 Å². The first-order valence-corrected chi connectivity index (χ1v) is 8.80. The van der Waals surface area contributed by atoms with Crippen LogP contribution in [0.2, 0.25) is 0 Å². The quantitative estimate of drug-likeness (QED) is 0.932. The van der Waals surface area contributed by atoms with Gasteiger partial charge in [0.1, 0.15) is 6.04 Å². The van der Waals surface area contributed by atoms with Crippen LogP contribution in [0.1, 0.15) is 46.6 Å². The van der Waals surface area contributed by atoms with E-state index in [0.717, 1.165) is 48.2 Å². The molecule has 1 saturated heterocycles. The van der Waals surface area contributed by atoms with Gasteiger partial charge in [-0.2, -0.15) is 0 Å². The van der Waals surface area contributed by atoms with Gasteiger partial charge in [0.25, 0.3) is 5.91 Å². The third-order valence-corrected chi connectivity index (χ3v) is 5.02. The van der Waals surface area contributed by atoms with Gasteiger partial charge in [0.05, 0.1) is 5.69 Å². The summed E-state index contributed by atoms with van der Waals surface area (Å²) in [7, 11) is 0. The second-order valence-corrected chi connectivity index (χ2v) is 6.78. The summed E-state index contributed by atoms with van der Waals surface area (Å²) >= 11 is 0. The van der Waals surface area contributed by atoms with E-state index in [1.807, 2.05) is 31.2 Å². The van der Waals surface area contributed by atoms with E-state index in [1.165, 1.54) is 0 Å². The molecule has 2 heterocycles. The minimum Gasteiger partial charge on any atom is -0.350 e. The van der Waals surface area contributed by atoms with Crippen LogP contribution in [0.5, 0.6) is 0 Å². The molecule has 130 valence electrons. The highest BCUT2D eigenvalue weighted by Crippen LogP contribution is 2.25. The van der Waals surface area contributed by atoms with Crippen LogP contribution in [0.25, 0.3) is 0 Å². The van der Waals surface area contributed by atoms with Gasteiger partial charge >= 0.3 is 0 Å². The summed E-state index contributed by atoms with van der Waals surface area (Å²) in [5.41, 5.74) is 3.81. The Morgan fingerprint density at radius 1 is 1.24 bits per heavy atom. The van der Waals surface area contributed by atoms with E-state index in [9.17, 15) is 9.59 Å². The topological polar surface area (TPSA) is 75.4 Å². The molecule has 2 aliphatic rings. The molecule has 1 aliphatic carbocycles. The number of hydrogen-bond acceptors (Lipinski definition) is 4. The summed E-state index contributed by atoms with van der Waals surface area (Å²) in [6.07, 6.45) is 4.38. The predicted octanol–water partition coefficient (Wildman–Crippen LogP) is 2.40. The number of benzene rings is 1. The molecule has 2 aromatic rings. The number of nitrogens with zero attached hydrogens (tertiary/aromatic N) is 2. The first-order valence-electron chi connectivity index (χ1n) is 8.80. The van der Waals surface area contributed by atoms with Gasteiger partial charge in [-0.3, -0.25) is 9.59 Å². The van der Waals surface area contributed by atoms with Crippen molar-refractivity contribution < 1.29 is 14.1 Å². The molecule has 0 bridgehead atoms. The molecule has 0 saturated carbocycles. The molecule has 6 nitrogen and oxygen atoms in total. The van der Waals surface area contributed by atoms with Crippen LogP contribution in [0, 0.1) is 6.92 Å². The molecule has 1 unspecified atom stereocenters. The molecular formula is C19H21N3O3. The van der Waals surface area contributed by atoms with E-state index in [-0.39, 0.29) is 17.6 Å². The molecular weight excluding hydrogens is 318 g/mol. The molecule has 1 aliphatic heterocycles. The van der Waals surface area contributed by atoms with Crippen LogP contribution in [0.15, 0.2) is 28.8 Å². The van der Waals surface area contributed by atoms with Crippen LogP contribution in [0.4, 0.5) is 5.69 Å². The van der Waals surface area contributed by atoms with Crippen molar-refractivity contribution in [2.75, 3.05) is 11.4 Å². The monoisotopic (exact) mass is 339 g/mol. The van der Waals surface area contributed by atoms with Gasteiger partial charge in [-0.05, 0) is 51.2 Å². The highest BCUT2D eigenvalue weighted by atomic mass is 16.5. The van der Waals surface area contributed by atoms with E-state index in [0.29, 0.717) is 13.0 Å².